The van der Waals surface area contributed by atoms with Crippen molar-refractivity contribution in [3.8, 4) is 11.9 Å². The molecule has 2 aromatic heterocycles. The molecule has 0 fully saturated rings. The average molecular weight is 240 g/mol. The molecule has 84 valence electrons. The first-order chi connectivity index (χ1) is 7.56. The van der Waals surface area contributed by atoms with E-state index in [-0.39, 0.29) is 6.01 Å². The van der Waals surface area contributed by atoms with Crippen LogP contribution in [0.3, 0.4) is 0 Å². The van der Waals surface area contributed by atoms with E-state index in [1.165, 1.54) is 0 Å². The van der Waals surface area contributed by atoms with Crippen molar-refractivity contribution in [1.29, 1.82) is 0 Å². The van der Waals surface area contributed by atoms with Crippen molar-refractivity contribution < 1.29 is 4.74 Å². The standard InChI is InChI=1S/C9H10ClN5O/c1-5-7(10)12-6(2)13-8(5)16-9-11-4-15(3)14-9/h4H,1-3H3. The third-order valence-corrected chi connectivity index (χ3v) is 2.29. The molecule has 0 saturated heterocycles. The van der Waals surface area contributed by atoms with Crippen molar-refractivity contribution in [1.82, 2.24) is 24.7 Å². The summed E-state index contributed by atoms with van der Waals surface area (Å²) in [6.45, 7) is 3.52. The van der Waals surface area contributed by atoms with Gasteiger partial charge in [0.2, 0.25) is 5.88 Å². The van der Waals surface area contributed by atoms with E-state index in [0.717, 1.165) is 0 Å². The second-order valence-electron chi connectivity index (χ2n) is 3.29. The highest BCUT2D eigenvalue weighted by Gasteiger charge is 2.11. The molecule has 0 amide bonds. The number of rotatable bonds is 2. The molecular weight excluding hydrogens is 230 g/mol. The summed E-state index contributed by atoms with van der Waals surface area (Å²) in [5.74, 6) is 0.922. The number of halogens is 1. The molecule has 16 heavy (non-hydrogen) atoms. The van der Waals surface area contributed by atoms with E-state index < -0.39 is 0 Å². The maximum Gasteiger partial charge on any atom is 0.342 e. The summed E-state index contributed by atoms with van der Waals surface area (Å²) in [4.78, 5) is 12.1. The minimum absolute atomic E-state index is 0.236. The van der Waals surface area contributed by atoms with Gasteiger partial charge in [-0.1, -0.05) is 11.6 Å². The Morgan fingerprint density at radius 1 is 1.31 bits per heavy atom. The van der Waals surface area contributed by atoms with Gasteiger partial charge in [-0.3, -0.25) is 4.68 Å². The molecule has 0 aliphatic heterocycles. The monoisotopic (exact) mass is 239 g/mol. The first kappa shape index (κ1) is 10.8. The summed E-state index contributed by atoms with van der Waals surface area (Å²) in [6, 6.07) is 0.236. The molecule has 2 heterocycles. The Kier molecular flexibility index (Phi) is 2.74. The summed E-state index contributed by atoms with van der Waals surface area (Å²) < 4.78 is 6.95. The zero-order chi connectivity index (χ0) is 11.7. The summed E-state index contributed by atoms with van der Waals surface area (Å²) in [6.07, 6.45) is 1.54. The smallest absolute Gasteiger partial charge is 0.342 e. The first-order valence-corrected chi connectivity index (χ1v) is 4.98. The third-order valence-electron chi connectivity index (χ3n) is 1.92. The van der Waals surface area contributed by atoms with E-state index in [1.807, 2.05) is 0 Å². The second kappa shape index (κ2) is 4.05. The molecule has 2 aromatic rings. The number of hydrogen-bond donors (Lipinski definition) is 0. The van der Waals surface area contributed by atoms with Gasteiger partial charge in [0.25, 0.3) is 0 Å². The van der Waals surface area contributed by atoms with Crippen LogP contribution in [0.4, 0.5) is 0 Å². The van der Waals surface area contributed by atoms with Crippen molar-refractivity contribution in [2.75, 3.05) is 0 Å². The van der Waals surface area contributed by atoms with Crippen molar-refractivity contribution in [3.63, 3.8) is 0 Å². The van der Waals surface area contributed by atoms with Gasteiger partial charge >= 0.3 is 6.01 Å². The van der Waals surface area contributed by atoms with Crippen molar-refractivity contribution in [3.05, 3.63) is 22.9 Å². The molecule has 0 bridgehead atoms. The Labute approximate surface area is 97.3 Å². The highest BCUT2D eigenvalue weighted by molar-refractivity contribution is 6.30. The van der Waals surface area contributed by atoms with Gasteiger partial charge in [-0.15, -0.1) is 5.10 Å². The lowest BCUT2D eigenvalue weighted by atomic mass is 10.3. The van der Waals surface area contributed by atoms with Gasteiger partial charge in [0.05, 0.1) is 0 Å². The van der Waals surface area contributed by atoms with Crippen molar-refractivity contribution in [2.24, 2.45) is 7.05 Å². The maximum atomic E-state index is 5.91. The van der Waals surface area contributed by atoms with Crippen LogP contribution in [0.25, 0.3) is 0 Å². The zero-order valence-corrected chi connectivity index (χ0v) is 9.86. The molecule has 0 unspecified atom stereocenters. The summed E-state index contributed by atoms with van der Waals surface area (Å²) in [5.41, 5.74) is 0.666. The first-order valence-electron chi connectivity index (χ1n) is 4.60. The van der Waals surface area contributed by atoms with Crippen LogP contribution >= 0.6 is 11.6 Å². The lowest BCUT2D eigenvalue weighted by molar-refractivity contribution is 0.417. The van der Waals surface area contributed by atoms with E-state index in [9.17, 15) is 0 Å². The van der Waals surface area contributed by atoms with Crippen LogP contribution in [0.15, 0.2) is 6.33 Å². The lowest BCUT2D eigenvalue weighted by Crippen LogP contribution is -1.98. The SMILES string of the molecule is Cc1nc(Cl)c(C)c(Oc2ncn(C)n2)n1. The number of nitrogens with zero attached hydrogens (tertiary/aromatic N) is 5. The number of aryl methyl sites for hydroxylation is 2. The Hall–Kier alpha value is -1.69. The summed E-state index contributed by atoms with van der Waals surface area (Å²) in [5, 5.41) is 4.36. The Morgan fingerprint density at radius 2 is 2.06 bits per heavy atom. The van der Waals surface area contributed by atoms with Crippen molar-refractivity contribution >= 4 is 11.6 Å². The summed E-state index contributed by atoms with van der Waals surface area (Å²) >= 11 is 5.91. The number of hydrogen-bond acceptors (Lipinski definition) is 5. The van der Waals surface area contributed by atoms with Gasteiger partial charge in [0.15, 0.2) is 0 Å². The predicted octanol–water partition coefficient (Wildman–Crippen LogP) is 1.67. The van der Waals surface area contributed by atoms with Gasteiger partial charge in [0.1, 0.15) is 17.3 Å². The lowest BCUT2D eigenvalue weighted by Gasteiger charge is -2.05. The minimum atomic E-state index is 0.236. The van der Waals surface area contributed by atoms with E-state index >= 15 is 0 Å². The molecule has 0 saturated carbocycles. The molecule has 0 atom stereocenters. The Balaban J connectivity index is 2.34. The number of aromatic nitrogens is 5. The molecule has 0 aromatic carbocycles. The van der Waals surface area contributed by atoms with E-state index in [1.54, 1.807) is 31.9 Å². The highest BCUT2D eigenvalue weighted by atomic mass is 35.5. The van der Waals surface area contributed by atoms with Crippen LogP contribution in [0, 0.1) is 13.8 Å². The molecule has 6 nitrogen and oxygen atoms in total. The molecule has 0 spiro atoms. The third kappa shape index (κ3) is 2.11. The van der Waals surface area contributed by atoms with Gasteiger partial charge in [-0.2, -0.15) is 9.97 Å². The van der Waals surface area contributed by atoms with Gasteiger partial charge in [0, 0.05) is 12.6 Å². The summed E-state index contributed by atoms with van der Waals surface area (Å²) in [7, 11) is 1.75. The van der Waals surface area contributed by atoms with E-state index in [2.05, 4.69) is 20.1 Å². The molecule has 0 aliphatic carbocycles. The Bertz CT molecular complexity index is 525. The van der Waals surface area contributed by atoms with Crippen LogP contribution in [-0.2, 0) is 7.05 Å². The highest BCUT2D eigenvalue weighted by Crippen LogP contribution is 2.24. The van der Waals surface area contributed by atoms with Gasteiger partial charge in [-0.25, -0.2) is 4.98 Å². The molecule has 0 N–H and O–H groups in total. The average Bonchev–Trinajstić information content (AvgIpc) is 2.60. The van der Waals surface area contributed by atoms with E-state index in [4.69, 9.17) is 16.3 Å². The maximum absolute atomic E-state index is 5.91. The predicted molar refractivity (Wildman–Crippen MR) is 57.6 cm³/mol. The van der Waals surface area contributed by atoms with Gasteiger partial charge in [-0.05, 0) is 13.8 Å². The minimum Gasteiger partial charge on any atom is -0.404 e. The normalized spacial score (nSPS) is 10.5. The van der Waals surface area contributed by atoms with Crippen LogP contribution in [-0.4, -0.2) is 24.7 Å². The van der Waals surface area contributed by atoms with Gasteiger partial charge < -0.3 is 4.74 Å². The van der Waals surface area contributed by atoms with E-state index in [0.29, 0.717) is 22.4 Å². The van der Waals surface area contributed by atoms with Crippen LogP contribution < -0.4 is 4.74 Å². The van der Waals surface area contributed by atoms with Crippen molar-refractivity contribution in [2.45, 2.75) is 13.8 Å². The fraction of sp³-hybridized carbons (Fsp3) is 0.333. The quantitative estimate of drug-likeness (QED) is 0.746. The van der Waals surface area contributed by atoms with Crippen LogP contribution in [0.5, 0.6) is 11.9 Å². The molecular formula is C9H10ClN5O. The van der Waals surface area contributed by atoms with Crippen LogP contribution in [0.2, 0.25) is 5.15 Å². The topological polar surface area (TPSA) is 65.7 Å². The second-order valence-corrected chi connectivity index (χ2v) is 3.65. The largest absolute Gasteiger partial charge is 0.404 e. The van der Waals surface area contributed by atoms with Crippen LogP contribution in [0.1, 0.15) is 11.4 Å². The molecule has 0 aliphatic rings. The molecule has 0 radical (unpaired) electrons. The molecule has 2 rings (SSSR count). The fourth-order valence-electron chi connectivity index (χ4n) is 1.12. The number of ether oxygens (including phenoxy) is 1. The fourth-order valence-corrected chi connectivity index (χ4v) is 1.33. The Morgan fingerprint density at radius 3 is 2.69 bits per heavy atom. The zero-order valence-electron chi connectivity index (χ0n) is 9.10. The molecule has 7 heteroatoms.